The predicted octanol–water partition coefficient (Wildman–Crippen LogP) is 3.35. The minimum atomic E-state index is -0.163. The topological polar surface area (TPSA) is 63.2 Å². The summed E-state index contributed by atoms with van der Waals surface area (Å²) in [6, 6.07) is 11.6. The highest BCUT2D eigenvalue weighted by Gasteiger charge is 2.09. The smallest absolute Gasteiger partial charge is 0.315 e. The van der Waals surface area contributed by atoms with E-state index in [0.717, 1.165) is 29.0 Å². The molecule has 5 nitrogen and oxygen atoms in total. The zero-order chi connectivity index (χ0) is 16.7. The molecule has 0 spiro atoms. The van der Waals surface area contributed by atoms with E-state index in [1.807, 2.05) is 50.2 Å². The summed E-state index contributed by atoms with van der Waals surface area (Å²) in [6.07, 6.45) is 2.65. The Morgan fingerprint density at radius 1 is 1.26 bits per heavy atom. The fraction of sp³-hybridized carbons (Fsp3) is 0.333. The van der Waals surface area contributed by atoms with Gasteiger partial charge >= 0.3 is 6.03 Å². The third-order valence-electron chi connectivity index (χ3n) is 3.68. The maximum absolute atomic E-state index is 11.9. The van der Waals surface area contributed by atoms with Crippen LogP contribution in [0.4, 0.5) is 4.79 Å². The van der Waals surface area contributed by atoms with E-state index in [1.165, 1.54) is 0 Å². The largest absolute Gasteiger partial charge is 0.497 e. The number of nitrogens with one attached hydrogen (secondary N) is 2. The number of hydrogen-bond donors (Lipinski definition) is 2. The molecular weight excluding hydrogens is 290 g/mol. The maximum Gasteiger partial charge on any atom is 0.315 e. The van der Waals surface area contributed by atoms with Crippen molar-refractivity contribution < 1.29 is 9.53 Å². The van der Waals surface area contributed by atoms with E-state index in [1.54, 1.807) is 13.3 Å². The number of rotatable bonds is 6. The first kappa shape index (κ1) is 16.8. The molecule has 1 aromatic heterocycles. The van der Waals surface area contributed by atoms with Crippen LogP contribution in [0.1, 0.15) is 25.8 Å². The van der Waals surface area contributed by atoms with Gasteiger partial charge in [0.05, 0.1) is 12.8 Å². The van der Waals surface area contributed by atoms with Gasteiger partial charge < -0.3 is 15.4 Å². The summed E-state index contributed by atoms with van der Waals surface area (Å²) >= 11 is 0. The molecule has 0 unspecified atom stereocenters. The zero-order valence-electron chi connectivity index (χ0n) is 13.8. The van der Waals surface area contributed by atoms with Gasteiger partial charge in [0.25, 0.3) is 0 Å². The Balaban J connectivity index is 2.09. The lowest BCUT2D eigenvalue weighted by molar-refractivity contribution is 0.237. The molecule has 2 rings (SSSR count). The van der Waals surface area contributed by atoms with Crippen molar-refractivity contribution in [1.29, 1.82) is 0 Å². The minimum absolute atomic E-state index is 0.157. The Kier molecular flexibility index (Phi) is 5.97. The molecule has 2 amide bonds. The van der Waals surface area contributed by atoms with Gasteiger partial charge in [0.2, 0.25) is 0 Å². The van der Waals surface area contributed by atoms with Crippen LogP contribution in [0.15, 0.2) is 42.6 Å². The van der Waals surface area contributed by atoms with Gasteiger partial charge in [-0.2, -0.15) is 0 Å². The normalized spacial score (nSPS) is 11.6. The first-order valence-electron chi connectivity index (χ1n) is 7.76. The molecule has 1 aromatic carbocycles. The van der Waals surface area contributed by atoms with E-state index in [2.05, 4.69) is 15.6 Å². The van der Waals surface area contributed by atoms with Gasteiger partial charge in [-0.3, -0.25) is 4.98 Å². The van der Waals surface area contributed by atoms with Gasteiger partial charge in [0, 0.05) is 24.3 Å². The molecule has 23 heavy (non-hydrogen) atoms. The second-order valence-corrected chi connectivity index (χ2v) is 5.38. The van der Waals surface area contributed by atoms with Gasteiger partial charge in [-0.15, -0.1) is 0 Å². The molecule has 0 saturated heterocycles. The number of amides is 2. The van der Waals surface area contributed by atoms with Crippen LogP contribution in [0.2, 0.25) is 0 Å². The lowest BCUT2D eigenvalue weighted by Gasteiger charge is -2.14. The number of ether oxygens (including phenoxy) is 1. The molecule has 0 aliphatic carbocycles. The molecule has 2 N–H and O–H groups in total. The van der Waals surface area contributed by atoms with E-state index in [4.69, 9.17) is 4.74 Å². The number of pyridine rings is 1. The molecule has 1 heterocycles. The Morgan fingerprint density at radius 2 is 2.00 bits per heavy atom. The summed E-state index contributed by atoms with van der Waals surface area (Å²) in [6.45, 7) is 4.44. The Hall–Kier alpha value is -2.56. The molecule has 0 fully saturated rings. The van der Waals surface area contributed by atoms with Crippen LogP contribution in [0.3, 0.4) is 0 Å². The second kappa shape index (κ2) is 8.17. The van der Waals surface area contributed by atoms with Gasteiger partial charge in [0.15, 0.2) is 0 Å². The van der Waals surface area contributed by atoms with E-state index in [-0.39, 0.29) is 12.1 Å². The number of urea groups is 1. The van der Waals surface area contributed by atoms with Crippen LogP contribution in [-0.4, -0.2) is 24.2 Å². The van der Waals surface area contributed by atoms with Gasteiger partial charge in [0.1, 0.15) is 5.75 Å². The van der Waals surface area contributed by atoms with Crippen molar-refractivity contribution in [2.24, 2.45) is 0 Å². The zero-order valence-corrected chi connectivity index (χ0v) is 13.8. The summed E-state index contributed by atoms with van der Waals surface area (Å²) in [4.78, 5) is 16.3. The summed E-state index contributed by atoms with van der Waals surface area (Å²) in [5.74, 6) is 0.803. The van der Waals surface area contributed by atoms with Crippen LogP contribution in [-0.2, 0) is 6.54 Å². The first-order valence-corrected chi connectivity index (χ1v) is 7.76. The van der Waals surface area contributed by atoms with Crippen molar-refractivity contribution in [3.8, 4) is 17.0 Å². The number of aromatic nitrogens is 1. The predicted molar refractivity (Wildman–Crippen MR) is 91.3 cm³/mol. The molecule has 1 atom stereocenters. The van der Waals surface area contributed by atoms with Gasteiger partial charge in [-0.1, -0.05) is 13.0 Å². The lowest BCUT2D eigenvalue weighted by Crippen LogP contribution is -2.40. The van der Waals surface area contributed by atoms with Crippen molar-refractivity contribution >= 4 is 6.03 Å². The molecule has 2 aromatic rings. The SMILES string of the molecule is CC[C@H](C)NC(=O)NCc1cccnc1-c1ccc(OC)cc1. The van der Waals surface area contributed by atoms with Crippen molar-refractivity contribution in [2.75, 3.05) is 7.11 Å². The first-order chi connectivity index (χ1) is 11.1. The van der Waals surface area contributed by atoms with Crippen molar-refractivity contribution in [3.63, 3.8) is 0 Å². The van der Waals surface area contributed by atoms with Crippen molar-refractivity contribution in [3.05, 3.63) is 48.2 Å². The average molecular weight is 313 g/mol. The molecule has 0 bridgehead atoms. The number of benzene rings is 1. The quantitative estimate of drug-likeness (QED) is 0.859. The van der Waals surface area contributed by atoms with Crippen LogP contribution >= 0.6 is 0 Å². The third-order valence-corrected chi connectivity index (χ3v) is 3.68. The van der Waals surface area contributed by atoms with Gasteiger partial charge in [-0.05, 0) is 49.2 Å². The van der Waals surface area contributed by atoms with Crippen molar-refractivity contribution in [1.82, 2.24) is 15.6 Å². The number of carbonyl (C=O) groups excluding carboxylic acids is 1. The fourth-order valence-electron chi connectivity index (χ4n) is 2.14. The Morgan fingerprint density at radius 3 is 2.65 bits per heavy atom. The highest BCUT2D eigenvalue weighted by molar-refractivity contribution is 5.74. The molecule has 122 valence electrons. The molecular formula is C18H23N3O2. The molecule has 0 aliphatic heterocycles. The highest BCUT2D eigenvalue weighted by atomic mass is 16.5. The van der Waals surface area contributed by atoms with E-state index >= 15 is 0 Å². The third kappa shape index (κ3) is 4.71. The molecule has 5 heteroatoms. The average Bonchev–Trinajstić information content (AvgIpc) is 2.60. The highest BCUT2D eigenvalue weighted by Crippen LogP contribution is 2.23. The van der Waals surface area contributed by atoms with Crippen LogP contribution in [0.5, 0.6) is 5.75 Å². The summed E-state index contributed by atoms with van der Waals surface area (Å²) in [7, 11) is 1.64. The van der Waals surface area contributed by atoms with Crippen LogP contribution in [0.25, 0.3) is 11.3 Å². The number of nitrogens with zero attached hydrogens (tertiary/aromatic N) is 1. The minimum Gasteiger partial charge on any atom is -0.497 e. The molecule has 0 aliphatic rings. The monoisotopic (exact) mass is 313 g/mol. The fourth-order valence-corrected chi connectivity index (χ4v) is 2.14. The summed E-state index contributed by atoms with van der Waals surface area (Å²) in [5.41, 5.74) is 2.82. The van der Waals surface area contributed by atoms with E-state index in [0.29, 0.717) is 6.54 Å². The summed E-state index contributed by atoms with van der Waals surface area (Å²) in [5, 5.41) is 5.77. The number of methoxy groups -OCH3 is 1. The van der Waals surface area contributed by atoms with E-state index in [9.17, 15) is 4.79 Å². The van der Waals surface area contributed by atoms with Gasteiger partial charge in [-0.25, -0.2) is 4.79 Å². The van der Waals surface area contributed by atoms with Crippen molar-refractivity contribution in [2.45, 2.75) is 32.9 Å². The number of hydrogen-bond acceptors (Lipinski definition) is 3. The van der Waals surface area contributed by atoms with E-state index < -0.39 is 0 Å². The standard InChI is InChI=1S/C18H23N3O2/c1-4-13(2)21-18(22)20-12-15-6-5-11-19-17(15)14-7-9-16(23-3)10-8-14/h5-11,13H,4,12H2,1-3H3,(H2,20,21,22)/t13-/m0/s1. The number of carbonyl (C=O) groups is 1. The van der Waals surface area contributed by atoms with Crippen LogP contribution in [0, 0.1) is 0 Å². The second-order valence-electron chi connectivity index (χ2n) is 5.38. The molecule has 0 saturated carbocycles. The lowest BCUT2D eigenvalue weighted by atomic mass is 10.1. The van der Waals surface area contributed by atoms with Crippen LogP contribution < -0.4 is 15.4 Å². The Bertz CT molecular complexity index is 641. The Labute approximate surface area is 137 Å². The summed E-state index contributed by atoms with van der Waals surface area (Å²) < 4.78 is 5.18. The molecule has 0 radical (unpaired) electrons. The maximum atomic E-state index is 11.9.